The largest absolute Gasteiger partial charge is 0.503 e. The van der Waals surface area contributed by atoms with Crippen molar-refractivity contribution in [2.75, 3.05) is 0 Å². The Labute approximate surface area is 257 Å². The summed E-state index contributed by atoms with van der Waals surface area (Å²) in [5, 5.41) is 0. The van der Waals surface area contributed by atoms with Crippen LogP contribution in [0.3, 0.4) is 0 Å². The van der Waals surface area contributed by atoms with E-state index in [2.05, 4.69) is 28.2 Å². The van der Waals surface area contributed by atoms with Crippen LogP contribution in [0.5, 0.6) is 23.0 Å². The maximum atomic E-state index is 7.58. The smallest absolute Gasteiger partial charge is 0.241 e. The van der Waals surface area contributed by atoms with E-state index >= 15 is 0 Å². The molecule has 4 aromatic carbocycles. The average molecular weight is 710 g/mol. The summed E-state index contributed by atoms with van der Waals surface area (Å²) in [5.41, 5.74) is 6.63. The van der Waals surface area contributed by atoms with Gasteiger partial charge in [-0.15, -0.1) is 59.6 Å². The molecule has 4 heterocycles. The Morgan fingerprint density at radius 1 is 0.683 bits per heavy atom. The number of para-hydroxylation sites is 1. The third-order valence-corrected chi connectivity index (χ3v) is 6.94. The predicted octanol–water partition coefficient (Wildman–Crippen LogP) is 6.13. The molecule has 0 atom stereocenters. The van der Waals surface area contributed by atoms with E-state index in [4.69, 9.17) is 13.6 Å². The molecule has 0 spiro atoms. The number of benzene rings is 4. The van der Waals surface area contributed by atoms with E-state index in [9.17, 15) is 0 Å². The summed E-state index contributed by atoms with van der Waals surface area (Å²) in [4.78, 5) is 8.63. The van der Waals surface area contributed by atoms with Gasteiger partial charge in [0, 0.05) is 47.8 Å². The van der Waals surface area contributed by atoms with Gasteiger partial charge in [-0.05, 0) is 53.5 Å². The van der Waals surface area contributed by atoms with Gasteiger partial charge in [0.1, 0.15) is 17.2 Å². The number of hydrogen-bond acceptors (Lipinski definition) is 4. The molecular formula is C35H23BIrN2O2-2. The number of rotatable bonds is 2. The van der Waals surface area contributed by atoms with Crippen molar-refractivity contribution in [3.05, 3.63) is 139 Å². The fraction of sp³-hybridized carbons (Fsp3) is 0.0286. The number of fused-ring (bicyclic) bond motifs is 4. The van der Waals surface area contributed by atoms with Crippen LogP contribution in [-0.2, 0) is 20.1 Å². The minimum atomic E-state index is -2.19. The van der Waals surface area contributed by atoms with Crippen molar-refractivity contribution in [1.29, 1.82) is 0 Å². The van der Waals surface area contributed by atoms with Gasteiger partial charge >= 0.3 is 0 Å². The minimum absolute atomic E-state index is 0. The summed E-state index contributed by atoms with van der Waals surface area (Å²) in [6, 6.07) is 41.1. The number of ether oxygens (including phenoxy) is 2. The summed E-state index contributed by atoms with van der Waals surface area (Å²) in [7, 11) is 0. The van der Waals surface area contributed by atoms with Crippen LogP contribution in [-0.4, -0.2) is 16.7 Å². The fourth-order valence-electron chi connectivity index (χ4n) is 5.15. The van der Waals surface area contributed by atoms with Crippen LogP contribution in [0, 0.1) is 19.0 Å². The van der Waals surface area contributed by atoms with E-state index in [1.165, 1.54) is 6.20 Å². The van der Waals surface area contributed by atoms with Gasteiger partial charge < -0.3 is 19.4 Å². The van der Waals surface area contributed by atoms with Crippen molar-refractivity contribution >= 4 is 23.1 Å². The van der Waals surface area contributed by atoms with Crippen LogP contribution in [0.1, 0.15) is 9.68 Å². The van der Waals surface area contributed by atoms with Crippen molar-refractivity contribution in [1.82, 2.24) is 9.97 Å². The third-order valence-electron chi connectivity index (χ3n) is 6.94. The van der Waals surface area contributed by atoms with Crippen LogP contribution in [0.4, 0.5) is 0 Å². The Bertz CT molecular complexity index is 1880. The van der Waals surface area contributed by atoms with Crippen LogP contribution in [0.2, 0.25) is 0 Å². The topological polar surface area (TPSA) is 44.2 Å². The molecule has 6 aromatic rings. The molecule has 6 heteroatoms. The van der Waals surface area contributed by atoms with Gasteiger partial charge in [0.15, 0.2) is 0 Å². The van der Waals surface area contributed by atoms with Crippen LogP contribution in [0.15, 0.2) is 122 Å². The van der Waals surface area contributed by atoms with E-state index in [1.807, 2.05) is 91.0 Å². The van der Waals surface area contributed by atoms with E-state index in [-0.39, 0.29) is 32.4 Å². The van der Waals surface area contributed by atoms with Gasteiger partial charge in [-0.25, -0.2) is 0 Å². The molecule has 2 aromatic heterocycles. The minimum Gasteiger partial charge on any atom is -0.503 e. The molecule has 0 saturated carbocycles. The first-order chi connectivity index (χ1) is 21.0. The maximum absolute atomic E-state index is 7.58. The van der Waals surface area contributed by atoms with Crippen molar-refractivity contribution in [2.24, 2.45) is 0 Å². The number of aryl methyl sites for hydroxylation is 1. The molecule has 0 N–H and O–H groups in total. The molecule has 0 saturated heterocycles. The molecule has 0 amide bonds. The van der Waals surface area contributed by atoms with E-state index < -0.39 is 6.85 Å². The number of hydrogen-bond donors (Lipinski definition) is 0. The second-order valence-electron chi connectivity index (χ2n) is 9.40. The molecule has 2 aliphatic heterocycles. The zero-order valence-electron chi connectivity index (χ0n) is 24.7. The second-order valence-corrected chi connectivity index (χ2v) is 9.40. The number of aromatic nitrogens is 2. The van der Waals surface area contributed by atoms with Gasteiger partial charge in [0.2, 0.25) is 6.71 Å². The van der Waals surface area contributed by atoms with Gasteiger partial charge in [0.25, 0.3) is 0 Å². The van der Waals surface area contributed by atoms with Crippen LogP contribution in [0.25, 0.3) is 22.5 Å². The first-order valence-corrected chi connectivity index (χ1v) is 12.9. The average Bonchev–Trinajstić information content (AvgIpc) is 3.05. The van der Waals surface area contributed by atoms with E-state index in [0.717, 1.165) is 44.9 Å². The molecule has 41 heavy (non-hydrogen) atoms. The van der Waals surface area contributed by atoms with Gasteiger partial charge in [-0.1, -0.05) is 54.1 Å². The molecule has 0 aliphatic carbocycles. The van der Waals surface area contributed by atoms with Crippen LogP contribution >= 0.6 is 0 Å². The molecule has 199 valence electrons. The Morgan fingerprint density at radius 2 is 1.51 bits per heavy atom. The van der Waals surface area contributed by atoms with E-state index in [0.29, 0.717) is 17.0 Å². The SMILES string of the molecule is [2H]C([2H])([2H])c1ccc(-c2[c-]ccc3c2Oc2cccc4c2B3c2ccccc2O4)nc1.[Ir].[c-]1ccccc1-c1ccccn1. The van der Waals surface area contributed by atoms with Gasteiger partial charge in [-0.2, -0.15) is 0 Å². The first-order valence-electron chi connectivity index (χ1n) is 14.4. The zero-order chi connectivity index (χ0) is 29.4. The monoisotopic (exact) mass is 710 g/mol. The molecule has 2 aliphatic rings. The van der Waals surface area contributed by atoms with Crippen molar-refractivity contribution in [3.63, 3.8) is 0 Å². The summed E-state index contributed by atoms with van der Waals surface area (Å²) in [5.74, 6) is 3.05. The fourth-order valence-corrected chi connectivity index (χ4v) is 5.15. The van der Waals surface area contributed by atoms with Crippen molar-refractivity contribution in [3.8, 4) is 45.5 Å². The second kappa shape index (κ2) is 11.5. The van der Waals surface area contributed by atoms with Crippen molar-refractivity contribution < 1.29 is 33.7 Å². The zero-order valence-corrected chi connectivity index (χ0v) is 24.1. The summed E-state index contributed by atoms with van der Waals surface area (Å²) in [6.07, 6.45) is 3.18. The molecule has 0 bridgehead atoms. The summed E-state index contributed by atoms with van der Waals surface area (Å²) < 4.78 is 35.2. The quantitative estimate of drug-likeness (QED) is 0.160. The van der Waals surface area contributed by atoms with Crippen molar-refractivity contribution in [2.45, 2.75) is 6.85 Å². The molecule has 8 rings (SSSR count). The number of nitrogens with zero attached hydrogens (tertiary/aromatic N) is 2. The molecular weight excluding hydrogens is 683 g/mol. The summed E-state index contributed by atoms with van der Waals surface area (Å²) in [6.45, 7) is -2.22. The Kier molecular flexibility index (Phi) is 6.54. The normalized spacial score (nSPS) is 13.1. The Hall–Kier alpha value is -4.51. The van der Waals surface area contributed by atoms with Gasteiger partial charge in [0.05, 0.1) is 0 Å². The van der Waals surface area contributed by atoms with Gasteiger partial charge in [-0.3, -0.25) is 0 Å². The summed E-state index contributed by atoms with van der Waals surface area (Å²) >= 11 is 0. The van der Waals surface area contributed by atoms with E-state index in [1.54, 1.807) is 18.3 Å². The molecule has 0 fully saturated rings. The standard InChI is InChI=1S/C24H15BNO2.C11H8N.Ir/c1-15-12-13-19(26-14-15)16-6-4-8-18-24(16)28-22-11-5-10-21-23(22)25(18)17-7-2-3-9-20(17)27-21;1-2-6-10(7-3-1)11-8-4-5-9-12-11;/h2-5,7-14H,1H3;1-6,8-9H;/q2*-1;/i1D3;;. The molecule has 1 radical (unpaired) electrons. The third kappa shape index (κ3) is 5.08. The molecule has 0 unspecified atom stereocenters. The Morgan fingerprint density at radius 3 is 2.29 bits per heavy atom. The predicted molar refractivity (Wildman–Crippen MR) is 159 cm³/mol. The Balaban J connectivity index is 0.000000222. The molecule has 4 nitrogen and oxygen atoms in total. The first kappa shape index (κ1) is 23.2. The number of pyridine rings is 2. The van der Waals surface area contributed by atoms with Crippen LogP contribution < -0.4 is 25.9 Å². The maximum Gasteiger partial charge on any atom is 0.241 e.